The van der Waals surface area contributed by atoms with E-state index in [-0.39, 0.29) is 11.8 Å². The third-order valence-corrected chi connectivity index (χ3v) is 2.51. The van der Waals surface area contributed by atoms with Crippen LogP contribution in [0.25, 0.3) is 0 Å². The maximum Gasteiger partial charge on any atom is 0.162 e. The predicted octanol–water partition coefficient (Wildman–Crippen LogP) is 2.18. The molecule has 2 unspecified atom stereocenters. The molecular weight excluding hydrogens is 202 g/mol. The maximum absolute atomic E-state index is 12.8. The van der Waals surface area contributed by atoms with Crippen molar-refractivity contribution in [2.75, 3.05) is 6.61 Å². The first kappa shape index (κ1) is 10.1. The molecule has 0 bridgehead atoms. The Morgan fingerprint density at radius 3 is 2.80 bits per heavy atom. The molecule has 0 aromatic heterocycles. The molecule has 2 rings (SSSR count). The number of carbonyl (C=O) groups excluding carboxylic acids is 1. The van der Waals surface area contributed by atoms with E-state index in [4.69, 9.17) is 4.74 Å². The number of hydrogen-bond donors (Lipinski definition) is 0. The molecule has 0 aliphatic heterocycles. The second-order valence-electron chi connectivity index (χ2n) is 3.68. The highest BCUT2D eigenvalue weighted by molar-refractivity contribution is 5.58. The van der Waals surface area contributed by atoms with Gasteiger partial charge in [0.25, 0.3) is 0 Å². The number of carbonyl (C=O) groups is 1. The summed E-state index contributed by atoms with van der Waals surface area (Å²) in [6, 6.07) is 3.40. The minimum Gasteiger partial charge on any atom is -0.493 e. The molecule has 0 spiro atoms. The second kappa shape index (κ2) is 3.96. The van der Waals surface area contributed by atoms with Crippen LogP contribution in [0, 0.1) is 23.5 Å². The lowest BCUT2D eigenvalue weighted by molar-refractivity contribution is -0.109. The van der Waals surface area contributed by atoms with Gasteiger partial charge in [-0.2, -0.15) is 0 Å². The molecule has 1 saturated carbocycles. The maximum atomic E-state index is 12.8. The van der Waals surface area contributed by atoms with Gasteiger partial charge in [-0.25, -0.2) is 8.78 Å². The quantitative estimate of drug-likeness (QED) is 0.715. The van der Waals surface area contributed by atoms with Crippen LogP contribution in [0.5, 0.6) is 5.75 Å². The van der Waals surface area contributed by atoms with Crippen LogP contribution >= 0.6 is 0 Å². The molecule has 0 radical (unpaired) electrons. The number of rotatable bonds is 4. The summed E-state index contributed by atoms with van der Waals surface area (Å²) in [6.07, 6.45) is 1.73. The van der Waals surface area contributed by atoms with E-state index < -0.39 is 11.6 Å². The summed E-state index contributed by atoms with van der Waals surface area (Å²) < 4.78 is 30.5. The van der Waals surface area contributed by atoms with E-state index >= 15 is 0 Å². The van der Waals surface area contributed by atoms with Gasteiger partial charge >= 0.3 is 0 Å². The molecule has 2 atom stereocenters. The summed E-state index contributed by atoms with van der Waals surface area (Å²) in [5, 5.41) is 0. The highest BCUT2D eigenvalue weighted by Gasteiger charge is 2.37. The normalized spacial score (nSPS) is 23.6. The van der Waals surface area contributed by atoms with Crippen molar-refractivity contribution >= 4 is 6.29 Å². The minimum atomic E-state index is -0.921. The summed E-state index contributed by atoms with van der Waals surface area (Å²) in [7, 11) is 0. The van der Waals surface area contributed by atoms with Crippen molar-refractivity contribution in [1.82, 2.24) is 0 Å². The Labute approximate surface area is 85.9 Å². The van der Waals surface area contributed by atoms with Crippen LogP contribution in [0.3, 0.4) is 0 Å². The smallest absolute Gasteiger partial charge is 0.162 e. The van der Waals surface area contributed by atoms with Gasteiger partial charge in [-0.3, -0.25) is 0 Å². The van der Waals surface area contributed by atoms with Gasteiger partial charge in [0, 0.05) is 17.9 Å². The van der Waals surface area contributed by atoms with E-state index in [1.807, 2.05) is 0 Å². The Bertz CT molecular complexity index is 379. The molecule has 1 aromatic rings. The van der Waals surface area contributed by atoms with Crippen LogP contribution in [-0.4, -0.2) is 12.9 Å². The van der Waals surface area contributed by atoms with Crippen molar-refractivity contribution in [3.63, 3.8) is 0 Å². The fraction of sp³-hybridized carbons (Fsp3) is 0.364. The summed E-state index contributed by atoms with van der Waals surface area (Å²) >= 11 is 0. The van der Waals surface area contributed by atoms with Gasteiger partial charge in [-0.15, -0.1) is 0 Å². The first-order valence-electron chi connectivity index (χ1n) is 4.74. The van der Waals surface area contributed by atoms with Crippen molar-refractivity contribution in [1.29, 1.82) is 0 Å². The zero-order valence-electron chi connectivity index (χ0n) is 7.95. The Morgan fingerprint density at radius 1 is 1.40 bits per heavy atom. The first-order chi connectivity index (χ1) is 7.20. The van der Waals surface area contributed by atoms with Crippen molar-refractivity contribution < 1.29 is 18.3 Å². The molecular formula is C11H10F2O2. The number of halogens is 2. The molecule has 1 fully saturated rings. The van der Waals surface area contributed by atoms with Gasteiger partial charge < -0.3 is 9.53 Å². The number of benzene rings is 1. The summed E-state index contributed by atoms with van der Waals surface area (Å²) in [5.74, 6) is -1.20. The van der Waals surface area contributed by atoms with E-state index in [9.17, 15) is 13.6 Å². The predicted molar refractivity (Wildman–Crippen MR) is 49.5 cm³/mol. The molecule has 0 amide bonds. The van der Waals surface area contributed by atoms with Crippen LogP contribution < -0.4 is 4.74 Å². The van der Waals surface area contributed by atoms with Gasteiger partial charge in [0.05, 0.1) is 6.61 Å². The molecule has 0 N–H and O–H groups in total. The molecule has 1 aliphatic rings. The first-order valence-corrected chi connectivity index (χ1v) is 4.74. The van der Waals surface area contributed by atoms with Gasteiger partial charge in [0.2, 0.25) is 0 Å². The molecule has 80 valence electrons. The lowest BCUT2D eigenvalue weighted by Crippen LogP contribution is -2.02. The largest absolute Gasteiger partial charge is 0.493 e. The average Bonchev–Trinajstić information content (AvgIpc) is 2.98. The Balaban J connectivity index is 1.89. The van der Waals surface area contributed by atoms with Gasteiger partial charge in [-0.1, -0.05) is 0 Å². The monoisotopic (exact) mass is 212 g/mol. The highest BCUT2D eigenvalue weighted by Crippen LogP contribution is 2.36. The SMILES string of the molecule is O=CC1CC1COc1ccc(F)c(F)c1. The van der Waals surface area contributed by atoms with Gasteiger partial charge in [0.1, 0.15) is 12.0 Å². The lowest BCUT2D eigenvalue weighted by atomic mass is 10.3. The fourth-order valence-electron chi connectivity index (χ4n) is 1.40. The van der Waals surface area contributed by atoms with E-state index in [0.29, 0.717) is 12.4 Å². The molecule has 15 heavy (non-hydrogen) atoms. The Hall–Kier alpha value is -1.45. The minimum absolute atomic E-state index is 0.0790. The highest BCUT2D eigenvalue weighted by atomic mass is 19.2. The number of hydrogen-bond acceptors (Lipinski definition) is 2. The average molecular weight is 212 g/mol. The molecule has 2 nitrogen and oxygen atoms in total. The topological polar surface area (TPSA) is 26.3 Å². The summed E-state index contributed by atoms with van der Waals surface area (Å²) in [5.41, 5.74) is 0. The number of ether oxygens (including phenoxy) is 1. The van der Waals surface area contributed by atoms with Crippen molar-refractivity contribution in [2.45, 2.75) is 6.42 Å². The van der Waals surface area contributed by atoms with E-state index in [1.54, 1.807) is 0 Å². The molecule has 4 heteroatoms. The summed E-state index contributed by atoms with van der Waals surface area (Å²) in [6.45, 7) is 0.383. The van der Waals surface area contributed by atoms with E-state index in [2.05, 4.69) is 0 Å². The molecule has 0 heterocycles. The zero-order valence-corrected chi connectivity index (χ0v) is 7.95. The third-order valence-electron chi connectivity index (χ3n) is 2.51. The van der Waals surface area contributed by atoms with Gasteiger partial charge in [0.15, 0.2) is 11.6 Å². The fourth-order valence-corrected chi connectivity index (χ4v) is 1.40. The molecule has 1 aliphatic carbocycles. The van der Waals surface area contributed by atoms with Crippen molar-refractivity contribution in [3.05, 3.63) is 29.8 Å². The van der Waals surface area contributed by atoms with Crippen LogP contribution in [0.15, 0.2) is 18.2 Å². The van der Waals surface area contributed by atoms with E-state index in [0.717, 1.165) is 24.8 Å². The third kappa shape index (κ3) is 2.32. The zero-order chi connectivity index (χ0) is 10.8. The van der Waals surface area contributed by atoms with Crippen molar-refractivity contribution in [2.24, 2.45) is 11.8 Å². The lowest BCUT2D eigenvalue weighted by Gasteiger charge is -2.04. The Morgan fingerprint density at radius 2 is 2.20 bits per heavy atom. The van der Waals surface area contributed by atoms with Crippen LogP contribution in [0.1, 0.15) is 6.42 Å². The Kier molecular flexibility index (Phi) is 2.66. The van der Waals surface area contributed by atoms with Crippen molar-refractivity contribution in [3.8, 4) is 5.75 Å². The second-order valence-corrected chi connectivity index (χ2v) is 3.68. The number of aldehydes is 1. The summed E-state index contributed by atoms with van der Waals surface area (Å²) in [4.78, 5) is 10.3. The van der Waals surface area contributed by atoms with Crippen LogP contribution in [0.4, 0.5) is 8.78 Å². The van der Waals surface area contributed by atoms with Crippen LogP contribution in [0.2, 0.25) is 0 Å². The van der Waals surface area contributed by atoms with Gasteiger partial charge in [-0.05, 0) is 18.6 Å². The van der Waals surface area contributed by atoms with Crippen LogP contribution in [-0.2, 0) is 4.79 Å². The van der Waals surface area contributed by atoms with E-state index in [1.165, 1.54) is 6.07 Å². The molecule has 1 aromatic carbocycles. The molecule has 0 saturated heterocycles. The standard InChI is InChI=1S/C11H10F2O2/c12-10-2-1-9(4-11(10)13)15-6-8-3-7(8)5-14/h1-2,4-5,7-8H,3,6H2.